The lowest BCUT2D eigenvalue weighted by Crippen LogP contribution is -2.27. The molecule has 1 heterocycles. The van der Waals surface area contributed by atoms with E-state index in [1.165, 1.54) is 21.4 Å². The Labute approximate surface area is 96.1 Å². The zero-order valence-corrected chi connectivity index (χ0v) is 10.4. The van der Waals surface area contributed by atoms with Gasteiger partial charge in [-0.25, -0.2) is 12.7 Å². The number of hydrogen-bond acceptors (Lipinski definition) is 4. The second-order valence-electron chi connectivity index (χ2n) is 3.55. The number of sulfonamides is 1. The number of nitrogens with two attached hydrogens (primary N) is 1. The predicted molar refractivity (Wildman–Crippen MR) is 61.4 cm³/mol. The van der Waals surface area contributed by atoms with Gasteiger partial charge in [0.1, 0.15) is 4.90 Å². The Morgan fingerprint density at radius 3 is 2.81 bits per heavy atom. The van der Waals surface area contributed by atoms with Crippen molar-refractivity contribution >= 4 is 10.0 Å². The summed E-state index contributed by atoms with van der Waals surface area (Å²) in [6.45, 7) is 3.40. The van der Waals surface area contributed by atoms with Gasteiger partial charge in [0.25, 0.3) is 0 Å². The lowest BCUT2D eigenvalue weighted by Gasteiger charge is -2.14. The van der Waals surface area contributed by atoms with Crippen LogP contribution in [0.25, 0.3) is 0 Å². The van der Waals surface area contributed by atoms with Crippen molar-refractivity contribution in [3.63, 3.8) is 0 Å². The van der Waals surface area contributed by atoms with Gasteiger partial charge in [0.15, 0.2) is 0 Å². The third-order valence-electron chi connectivity index (χ3n) is 2.21. The van der Waals surface area contributed by atoms with Crippen LogP contribution in [0, 0.1) is 0 Å². The Hall–Kier alpha value is -0.920. The lowest BCUT2D eigenvalue weighted by molar-refractivity contribution is 0.468. The molecule has 0 aliphatic rings. The van der Waals surface area contributed by atoms with Crippen LogP contribution in [0.3, 0.4) is 0 Å². The van der Waals surface area contributed by atoms with E-state index in [0.29, 0.717) is 19.6 Å². The van der Waals surface area contributed by atoms with Crippen molar-refractivity contribution in [2.75, 3.05) is 20.1 Å². The lowest BCUT2D eigenvalue weighted by atomic mass is 10.5. The van der Waals surface area contributed by atoms with Crippen LogP contribution in [0.15, 0.2) is 17.3 Å². The Morgan fingerprint density at radius 1 is 1.56 bits per heavy atom. The van der Waals surface area contributed by atoms with E-state index in [4.69, 9.17) is 5.73 Å². The first-order chi connectivity index (χ1) is 7.52. The number of aromatic nitrogens is 2. The van der Waals surface area contributed by atoms with Crippen LogP contribution >= 0.6 is 0 Å². The highest BCUT2D eigenvalue weighted by molar-refractivity contribution is 7.89. The molecule has 0 radical (unpaired) electrons. The molecule has 7 heteroatoms. The maximum atomic E-state index is 12.0. The standard InChI is InChI=1S/C9H18N4O2S/c1-3-5-12(2)16(14,15)9-7-11-13(8-9)6-4-10/h7-8H,3-6,10H2,1-2H3. The SMILES string of the molecule is CCCN(C)S(=O)(=O)c1cnn(CCN)c1. The van der Waals surface area contributed by atoms with Gasteiger partial charge in [0.05, 0.1) is 12.7 Å². The minimum absolute atomic E-state index is 0.219. The van der Waals surface area contributed by atoms with E-state index in [0.717, 1.165) is 6.42 Å². The van der Waals surface area contributed by atoms with Gasteiger partial charge in [-0.05, 0) is 6.42 Å². The van der Waals surface area contributed by atoms with Crippen molar-refractivity contribution in [1.29, 1.82) is 0 Å². The van der Waals surface area contributed by atoms with Crippen molar-refractivity contribution < 1.29 is 8.42 Å². The van der Waals surface area contributed by atoms with Gasteiger partial charge in [0, 0.05) is 26.3 Å². The molecule has 92 valence electrons. The van der Waals surface area contributed by atoms with Gasteiger partial charge in [-0.15, -0.1) is 0 Å². The smallest absolute Gasteiger partial charge is 0.245 e. The summed E-state index contributed by atoms with van der Waals surface area (Å²) in [5.74, 6) is 0. The Morgan fingerprint density at radius 2 is 2.25 bits per heavy atom. The Bertz CT molecular complexity index is 426. The van der Waals surface area contributed by atoms with Gasteiger partial charge in [0.2, 0.25) is 10.0 Å². The van der Waals surface area contributed by atoms with Gasteiger partial charge < -0.3 is 5.73 Å². The predicted octanol–water partition coefficient (Wildman–Crippen LogP) is -0.128. The summed E-state index contributed by atoms with van der Waals surface area (Å²) in [7, 11) is -1.82. The zero-order valence-electron chi connectivity index (χ0n) is 9.63. The fourth-order valence-corrected chi connectivity index (χ4v) is 2.57. The van der Waals surface area contributed by atoms with E-state index in [1.807, 2.05) is 6.92 Å². The highest BCUT2D eigenvalue weighted by Gasteiger charge is 2.21. The van der Waals surface area contributed by atoms with Crippen LogP contribution in [0.1, 0.15) is 13.3 Å². The molecule has 1 aromatic heterocycles. The van der Waals surface area contributed by atoms with Crippen molar-refractivity contribution in [2.45, 2.75) is 24.8 Å². The summed E-state index contributed by atoms with van der Waals surface area (Å²) >= 11 is 0. The van der Waals surface area contributed by atoms with Crippen LogP contribution in [0.5, 0.6) is 0 Å². The first-order valence-corrected chi connectivity index (χ1v) is 6.65. The number of hydrogen-bond donors (Lipinski definition) is 1. The van der Waals surface area contributed by atoms with E-state index in [-0.39, 0.29) is 4.90 Å². The van der Waals surface area contributed by atoms with Crippen molar-refractivity contribution in [3.8, 4) is 0 Å². The van der Waals surface area contributed by atoms with E-state index in [1.54, 1.807) is 7.05 Å². The highest BCUT2D eigenvalue weighted by Crippen LogP contribution is 2.13. The molecule has 0 aliphatic heterocycles. The largest absolute Gasteiger partial charge is 0.329 e. The number of rotatable bonds is 6. The van der Waals surface area contributed by atoms with Crippen LogP contribution in [0.2, 0.25) is 0 Å². The second-order valence-corrected chi connectivity index (χ2v) is 5.60. The molecular weight excluding hydrogens is 228 g/mol. The van der Waals surface area contributed by atoms with E-state index >= 15 is 0 Å². The van der Waals surface area contributed by atoms with Crippen LogP contribution in [-0.4, -0.2) is 42.6 Å². The minimum atomic E-state index is -3.39. The van der Waals surface area contributed by atoms with Crippen LogP contribution in [-0.2, 0) is 16.6 Å². The molecule has 1 aromatic rings. The molecule has 0 aromatic carbocycles. The minimum Gasteiger partial charge on any atom is -0.329 e. The molecule has 0 atom stereocenters. The number of nitrogens with zero attached hydrogens (tertiary/aromatic N) is 3. The molecule has 0 aliphatic carbocycles. The molecule has 0 spiro atoms. The van der Waals surface area contributed by atoms with Gasteiger partial charge >= 0.3 is 0 Å². The molecular formula is C9H18N4O2S. The van der Waals surface area contributed by atoms with Crippen LogP contribution < -0.4 is 5.73 Å². The van der Waals surface area contributed by atoms with Gasteiger partial charge in [-0.1, -0.05) is 6.92 Å². The highest BCUT2D eigenvalue weighted by atomic mass is 32.2. The molecule has 6 nitrogen and oxygen atoms in total. The average Bonchev–Trinajstić information content (AvgIpc) is 2.68. The van der Waals surface area contributed by atoms with E-state index in [2.05, 4.69) is 5.10 Å². The van der Waals surface area contributed by atoms with Gasteiger partial charge in [-0.3, -0.25) is 4.68 Å². The fraction of sp³-hybridized carbons (Fsp3) is 0.667. The fourth-order valence-electron chi connectivity index (χ4n) is 1.35. The first kappa shape index (κ1) is 13.1. The molecule has 0 fully saturated rings. The summed E-state index contributed by atoms with van der Waals surface area (Å²) in [6, 6.07) is 0. The maximum absolute atomic E-state index is 12.0. The van der Waals surface area contributed by atoms with Crippen molar-refractivity contribution in [3.05, 3.63) is 12.4 Å². The summed E-state index contributed by atoms with van der Waals surface area (Å²) in [4.78, 5) is 0.219. The van der Waals surface area contributed by atoms with Crippen molar-refractivity contribution in [2.24, 2.45) is 5.73 Å². The molecule has 1 rings (SSSR count). The molecule has 0 saturated heterocycles. The monoisotopic (exact) mass is 246 g/mol. The summed E-state index contributed by atoms with van der Waals surface area (Å²) in [5, 5.41) is 3.95. The molecule has 0 amide bonds. The van der Waals surface area contributed by atoms with Crippen LogP contribution in [0.4, 0.5) is 0 Å². The molecule has 16 heavy (non-hydrogen) atoms. The van der Waals surface area contributed by atoms with E-state index < -0.39 is 10.0 Å². The summed E-state index contributed by atoms with van der Waals surface area (Å²) in [6.07, 6.45) is 3.65. The van der Waals surface area contributed by atoms with Crippen molar-refractivity contribution in [1.82, 2.24) is 14.1 Å². The normalized spacial score (nSPS) is 12.2. The third kappa shape index (κ3) is 2.81. The van der Waals surface area contributed by atoms with Gasteiger partial charge in [-0.2, -0.15) is 5.10 Å². The Balaban J connectivity index is 2.89. The third-order valence-corrected chi connectivity index (χ3v) is 4.02. The molecule has 2 N–H and O–H groups in total. The molecule has 0 saturated carbocycles. The molecule has 0 bridgehead atoms. The Kier molecular flexibility index (Phi) is 4.45. The summed E-state index contributed by atoms with van der Waals surface area (Å²) < 4.78 is 26.8. The first-order valence-electron chi connectivity index (χ1n) is 5.21. The molecule has 0 unspecified atom stereocenters. The second kappa shape index (κ2) is 5.42. The van der Waals surface area contributed by atoms with E-state index in [9.17, 15) is 8.42 Å². The topological polar surface area (TPSA) is 81.2 Å². The maximum Gasteiger partial charge on any atom is 0.245 e. The quantitative estimate of drug-likeness (QED) is 0.758. The zero-order chi connectivity index (χ0) is 12.2. The average molecular weight is 246 g/mol. The summed E-state index contributed by atoms with van der Waals surface area (Å²) in [5.41, 5.74) is 5.37.